The van der Waals surface area contributed by atoms with E-state index in [1.54, 1.807) is 30.3 Å². The van der Waals surface area contributed by atoms with Crippen LogP contribution in [0, 0.1) is 11.8 Å². The Kier molecular flexibility index (Phi) is 4.52. The molecule has 0 radical (unpaired) electrons. The van der Waals surface area contributed by atoms with Crippen molar-refractivity contribution in [3.63, 3.8) is 0 Å². The zero-order chi connectivity index (χ0) is 15.4. The molecule has 1 aliphatic carbocycles. The molecule has 2 rings (SSSR count). The van der Waals surface area contributed by atoms with Gasteiger partial charge in [0.05, 0.1) is 11.8 Å². The molecule has 5 nitrogen and oxygen atoms in total. The van der Waals surface area contributed by atoms with E-state index in [9.17, 15) is 14.4 Å². The summed E-state index contributed by atoms with van der Waals surface area (Å²) in [4.78, 5) is 34.6. The Morgan fingerprint density at radius 2 is 1.62 bits per heavy atom. The number of carbonyl (C=O) groups is 3. The Morgan fingerprint density at radius 3 is 2.14 bits per heavy atom. The van der Waals surface area contributed by atoms with E-state index in [1.165, 1.54) is 6.92 Å². The quantitative estimate of drug-likeness (QED) is 0.658. The van der Waals surface area contributed by atoms with E-state index in [0.29, 0.717) is 24.1 Å². The van der Waals surface area contributed by atoms with Gasteiger partial charge in [-0.2, -0.15) is 0 Å². The molecule has 0 unspecified atom stereocenters. The van der Waals surface area contributed by atoms with Gasteiger partial charge in [-0.3, -0.25) is 14.4 Å². The summed E-state index contributed by atoms with van der Waals surface area (Å²) in [6, 6.07) is 6.55. The zero-order valence-corrected chi connectivity index (χ0v) is 11.7. The van der Waals surface area contributed by atoms with Crippen molar-refractivity contribution in [2.24, 2.45) is 11.8 Å². The molecule has 21 heavy (non-hydrogen) atoms. The summed E-state index contributed by atoms with van der Waals surface area (Å²) in [6.45, 7) is 1.47. The van der Waals surface area contributed by atoms with E-state index in [4.69, 9.17) is 5.11 Å². The first-order chi connectivity index (χ1) is 9.99. The number of nitrogens with one attached hydrogen (secondary N) is 1. The van der Waals surface area contributed by atoms with E-state index in [-0.39, 0.29) is 11.7 Å². The van der Waals surface area contributed by atoms with Crippen molar-refractivity contribution in [3.05, 3.63) is 42.0 Å². The van der Waals surface area contributed by atoms with E-state index in [1.807, 2.05) is 6.08 Å². The summed E-state index contributed by atoms with van der Waals surface area (Å²) in [7, 11) is 0. The van der Waals surface area contributed by atoms with Crippen LogP contribution in [0.4, 0.5) is 5.69 Å². The molecule has 1 amide bonds. The van der Waals surface area contributed by atoms with Crippen LogP contribution in [0.15, 0.2) is 36.4 Å². The normalized spacial score (nSPS) is 20.8. The lowest BCUT2D eigenvalue weighted by molar-refractivity contribution is -0.146. The first-order valence-electron chi connectivity index (χ1n) is 6.78. The van der Waals surface area contributed by atoms with Crippen LogP contribution in [0.5, 0.6) is 0 Å². The minimum absolute atomic E-state index is 0.0452. The van der Waals surface area contributed by atoms with Gasteiger partial charge in [-0.25, -0.2) is 0 Å². The van der Waals surface area contributed by atoms with Crippen molar-refractivity contribution in [3.8, 4) is 0 Å². The molecule has 2 atom stereocenters. The minimum atomic E-state index is -0.952. The molecule has 0 aliphatic heterocycles. The van der Waals surface area contributed by atoms with E-state index in [0.717, 1.165) is 0 Å². The minimum Gasteiger partial charge on any atom is -0.481 e. The first-order valence-corrected chi connectivity index (χ1v) is 6.78. The molecule has 1 aliphatic rings. The maximum atomic E-state index is 12.2. The summed E-state index contributed by atoms with van der Waals surface area (Å²) < 4.78 is 0. The fraction of sp³-hybridized carbons (Fsp3) is 0.312. The number of carbonyl (C=O) groups excluding carboxylic acids is 2. The predicted molar refractivity (Wildman–Crippen MR) is 78.1 cm³/mol. The topological polar surface area (TPSA) is 83.5 Å². The van der Waals surface area contributed by atoms with Crippen molar-refractivity contribution in [2.45, 2.75) is 19.8 Å². The molecule has 0 aromatic heterocycles. The van der Waals surface area contributed by atoms with Crippen LogP contribution < -0.4 is 5.32 Å². The maximum absolute atomic E-state index is 12.2. The Labute approximate surface area is 122 Å². The number of amides is 1. The van der Waals surface area contributed by atoms with Crippen molar-refractivity contribution in [1.29, 1.82) is 0 Å². The zero-order valence-electron chi connectivity index (χ0n) is 11.7. The molecule has 0 saturated carbocycles. The number of ketones is 1. The smallest absolute Gasteiger partial charge is 0.307 e. The summed E-state index contributed by atoms with van der Waals surface area (Å²) >= 11 is 0. The molecule has 0 fully saturated rings. The maximum Gasteiger partial charge on any atom is 0.307 e. The number of anilines is 1. The third-order valence-electron chi connectivity index (χ3n) is 3.65. The summed E-state index contributed by atoms with van der Waals surface area (Å²) in [5.41, 5.74) is 1.13. The average Bonchev–Trinajstić information content (AvgIpc) is 2.47. The highest BCUT2D eigenvalue weighted by Gasteiger charge is 2.33. The van der Waals surface area contributed by atoms with Gasteiger partial charge in [0.1, 0.15) is 0 Å². The number of hydrogen-bond donors (Lipinski definition) is 2. The van der Waals surface area contributed by atoms with Crippen molar-refractivity contribution in [1.82, 2.24) is 0 Å². The lowest BCUT2D eigenvalue weighted by Gasteiger charge is -2.24. The Balaban J connectivity index is 2.08. The van der Waals surface area contributed by atoms with Gasteiger partial charge in [-0.05, 0) is 44.0 Å². The molecule has 5 heteroatoms. The molecule has 1 aromatic rings. The van der Waals surface area contributed by atoms with Crippen LogP contribution in [-0.4, -0.2) is 22.8 Å². The van der Waals surface area contributed by atoms with Crippen LogP contribution in [0.1, 0.15) is 30.1 Å². The Morgan fingerprint density at radius 1 is 1.05 bits per heavy atom. The molecule has 0 spiro atoms. The second kappa shape index (κ2) is 6.35. The third kappa shape index (κ3) is 3.56. The summed E-state index contributed by atoms with van der Waals surface area (Å²) in [5.74, 6) is -2.56. The van der Waals surface area contributed by atoms with Crippen molar-refractivity contribution >= 4 is 23.3 Å². The Bertz CT molecular complexity index is 589. The standard InChI is InChI=1S/C16H17NO4/c1-10(18)11-6-8-12(9-7-11)17-15(19)13-4-2-3-5-14(13)16(20)21/h2-3,6-9,13-14H,4-5H2,1H3,(H,17,19)(H,20,21)/t13-,14+/m1/s1. The lowest BCUT2D eigenvalue weighted by atomic mass is 9.82. The molecule has 0 heterocycles. The fourth-order valence-corrected chi connectivity index (χ4v) is 2.40. The van der Waals surface area contributed by atoms with Crippen LogP contribution >= 0.6 is 0 Å². The third-order valence-corrected chi connectivity index (χ3v) is 3.65. The van der Waals surface area contributed by atoms with Gasteiger partial charge >= 0.3 is 5.97 Å². The average molecular weight is 287 g/mol. The van der Waals surface area contributed by atoms with E-state index >= 15 is 0 Å². The number of allylic oxidation sites excluding steroid dienone is 2. The van der Waals surface area contributed by atoms with Crippen molar-refractivity contribution < 1.29 is 19.5 Å². The van der Waals surface area contributed by atoms with Gasteiger partial charge in [-0.15, -0.1) is 0 Å². The highest BCUT2D eigenvalue weighted by molar-refractivity contribution is 5.97. The highest BCUT2D eigenvalue weighted by atomic mass is 16.4. The van der Waals surface area contributed by atoms with E-state index < -0.39 is 17.8 Å². The monoisotopic (exact) mass is 287 g/mol. The van der Waals surface area contributed by atoms with Gasteiger partial charge in [0.15, 0.2) is 5.78 Å². The lowest BCUT2D eigenvalue weighted by Crippen LogP contribution is -2.34. The second-order valence-corrected chi connectivity index (χ2v) is 5.12. The number of carboxylic acids is 1. The number of benzene rings is 1. The van der Waals surface area contributed by atoms with Gasteiger partial charge in [0.25, 0.3) is 0 Å². The SMILES string of the molecule is CC(=O)c1ccc(NC(=O)[C@@H]2CC=CC[C@@H]2C(=O)O)cc1. The number of hydrogen-bond acceptors (Lipinski definition) is 3. The number of rotatable bonds is 4. The number of carboxylic acid groups (broad SMARTS) is 1. The molecule has 0 bridgehead atoms. The highest BCUT2D eigenvalue weighted by Crippen LogP contribution is 2.27. The summed E-state index contributed by atoms with van der Waals surface area (Å²) in [6.07, 6.45) is 4.43. The number of aliphatic carboxylic acids is 1. The van der Waals surface area contributed by atoms with Crippen LogP contribution in [0.2, 0.25) is 0 Å². The van der Waals surface area contributed by atoms with Gasteiger partial charge in [0.2, 0.25) is 5.91 Å². The van der Waals surface area contributed by atoms with Crippen LogP contribution in [0.25, 0.3) is 0 Å². The molecule has 2 N–H and O–H groups in total. The second-order valence-electron chi connectivity index (χ2n) is 5.12. The fourth-order valence-electron chi connectivity index (χ4n) is 2.40. The first kappa shape index (κ1) is 15.0. The molecular formula is C16H17NO4. The van der Waals surface area contributed by atoms with Gasteiger partial charge < -0.3 is 10.4 Å². The van der Waals surface area contributed by atoms with Gasteiger partial charge in [0, 0.05) is 11.3 Å². The molecule has 1 aromatic carbocycles. The van der Waals surface area contributed by atoms with Crippen LogP contribution in [-0.2, 0) is 9.59 Å². The van der Waals surface area contributed by atoms with Crippen molar-refractivity contribution in [2.75, 3.05) is 5.32 Å². The Hall–Kier alpha value is -2.43. The summed E-state index contributed by atoms with van der Waals surface area (Å²) in [5, 5.41) is 11.9. The van der Waals surface area contributed by atoms with E-state index in [2.05, 4.69) is 5.32 Å². The number of Topliss-reactive ketones (excluding diaryl/α,β-unsaturated/α-hetero) is 1. The van der Waals surface area contributed by atoms with Crippen LogP contribution in [0.3, 0.4) is 0 Å². The molecular weight excluding hydrogens is 270 g/mol. The van der Waals surface area contributed by atoms with Gasteiger partial charge in [-0.1, -0.05) is 12.2 Å². The predicted octanol–water partition coefficient (Wildman–Crippen LogP) is 2.49. The molecule has 110 valence electrons. The molecule has 0 saturated heterocycles. The largest absolute Gasteiger partial charge is 0.481 e.